The number of Topliss-reactive ketones (excluding diaryl/α,β-unsaturated/α-hetero) is 2. The molecule has 0 radical (unpaired) electrons. The van der Waals surface area contributed by atoms with Crippen molar-refractivity contribution >= 4 is 33.4 Å². The number of H-pyrrole nitrogens is 2. The van der Waals surface area contributed by atoms with Crippen molar-refractivity contribution in [2.45, 2.75) is 24.4 Å². The van der Waals surface area contributed by atoms with E-state index in [1.165, 1.54) is 0 Å². The van der Waals surface area contributed by atoms with Gasteiger partial charge in [-0.2, -0.15) is 10.2 Å². The third kappa shape index (κ3) is 3.27. The average molecular weight is 410 g/mol. The molecule has 0 aliphatic rings. The zero-order chi connectivity index (χ0) is 21.4. The van der Waals surface area contributed by atoms with Gasteiger partial charge in [-0.05, 0) is 12.1 Å². The van der Waals surface area contributed by atoms with E-state index < -0.39 is 36.0 Å². The van der Waals surface area contributed by atoms with Crippen molar-refractivity contribution in [3.63, 3.8) is 0 Å². The monoisotopic (exact) mass is 410 g/mol. The summed E-state index contributed by atoms with van der Waals surface area (Å²) in [5, 5.41) is 55.2. The third-order valence-corrected chi connectivity index (χ3v) is 4.95. The molecule has 0 fully saturated rings. The van der Waals surface area contributed by atoms with Crippen LogP contribution in [0.25, 0.3) is 21.8 Å². The normalized spacial score (nSPS) is 15.7. The minimum absolute atomic E-state index is 0.0499. The summed E-state index contributed by atoms with van der Waals surface area (Å²) in [6, 6.07) is 13.4. The summed E-state index contributed by atoms with van der Waals surface area (Å²) in [5.41, 5.74) is 1.10. The maximum atomic E-state index is 12.4. The number of aromatic amines is 2. The summed E-state index contributed by atoms with van der Waals surface area (Å²) < 4.78 is 0. The summed E-state index contributed by atoms with van der Waals surface area (Å²) in [6.07, 6.45) is -7.90. The lowest BCUT2D eigenvalue weighted by molar-refractivity contribution is -0.153. The Hall–Kier alpha value is -3.44. The van der Waals surface area contributed by atoms with Gasteiger partial charge in [0.1, 0.15) is 12.2 Å². The van der Waals surface area contributed by atoms with Gasteiger partial charge in [0.05, 0.1) is 22.4 Å². The number of benzene rings is 2. The molecule has 4 aromatic rings. The van der Waals surface area contributed by atoms with Crippen LogP contribution in [-0.2, 0) is 9.59 Å². The van der Waals surface area contributed by atoms with Crippen LogP contribution in [0.3, 0.4) is 0 Å². The van der Waals surface area contributed by atoms with E-state index >= 15 is 0 Å². The van der Waals surface area contributed by atoms with Gasteiger partial charge in [0.15, 0.2) is 12.2 Å². The Labute approximate surface area is 168 Å². The number of aromatic nitrogens is 4. The first-order valence-corrected chi connectivity index (χ1v) is 9.06. The van der Waals surface area contributed by atoms with Crippen LogP contribution in [0, 0.1) is 0 Å². The van der Waals surface area contributed by atoms with Crippen molar-refractivity contribution in [3.05, 3.63) is 59.9 Å². The molecule has 0 spiro atoms. The predicted octanol–water partition coefficient (Wildman–Crippen LogP) is 0.0662. The predicted molar refractivity (Wildman–Crippen MR) is 104 cm³/mol. The zero-order valence-electron chi connectivity index (χ0n) is 15.4. The highest BCUT2D eigenvalue weighted by molar-refractivity contribution is 6.40. The second kappa shape index (κ2) is 7.76. The quantitative estimate of drug-likeness (QED) is 0.232. The second-order valence-corrected chi connectivity index (χ2v) is 6.82. The Morgan fingerprint density at radius 2 is 1.03 bits per heavy atom. The maximum absolute atomic E-state index is 12.4. The number of carbonyl (C=O) groups is 2. The smallest absolute Gasteiger partial charge is 0.232 e. The lowest BCUT2D eigenvalue weighted by Crippen LogP contribution is -2.42. The molecule has 4 unspecified atom stereocenters. The number of aliphatic hydroxyl groups is 4. The van der Waals surface area contributed by atoms with Gasteiger partial charge in [0, 0.05) is 10.8 Å². The first-order chi connectivity index (χ1) is 14.4. The van der Waals surface area contributed by atoms with E-state index in [0.717, 1.165) is 0 Å². The van der Waals surface area contributed by atoms with E-state index in [4.69, 9.17) is 0 Å². The molecule has 0 saturated carbocycles. The fourth-order valence-electron chi connectivity index (χ4n) is 3.30. The standard InChI is InChI=1S/C20H18N4O6/c25-15(13-9-5-1-3-7-11(9)21-23-13)17(27)19(29)20(30)18(28)16(26)14-10-6-2-4-8-12(10)22-24-14/h1-8,15-18,25-28H,(H,21,23)(H,22,24). The van der Waals surface area contributed by atoms with E-state index in [2.05, 4.69) is 20.4 Å². The molecule has 0 aliphatic carbocycles. The Kier molecular flexibility index (Phi) is 5.14. The topological polar surface area (TPSA) is 172 Å². The summed E-state index contributed by atoms with van der Waals surface area (Å²) in [5.74, 6) is -2.90. The summed E-state index contributed by atoms with van der Waals surface area (Å²) in [7, 11) is 0. The van der Waals surface area contributed by atoms with Gasteiger partial charge in [0.2, 0.25) is 11.6 Å². The number of nitrogens with one attached hydrogen (secondary N) is 2. The van der Waals surface area contributed by atoms with Crippen LogP contribution in [0.2, 0.25) is 0 Å². The van der Waals surface area contributed by atoms with Gasteiger partial charge >= 0.3 is 0 Å². The minimum atomic E-state index is -2.17. The van der Waals surface area contributed by atoms with Crippen LogP contribution in [0.1, 0.15) is 23.6 Å². The first-order valence-electron chi connectivity index (χ1n) is 9.06. The van der Waals surface area contributed by atoms with E-state index in [1.54, 1.807) is 48.5 Å². The van der Waals surface area contributed by atoms with Crippen molar-refractivity contribution in [2.24, 2.45) is 0 Å². The largest absolute Gasteiger partial charge is 0.384 e. The highest BCUT2D eigenvalue weighted by Gasteiger charge is 2.39. The highest BCUT2D eigenvalue weighted by Crippen LogP contribution is 2.27. The molecule has 0 amide bonds. The molecule has 2 aromatic carbocycles. The number of ketones is 2. The first kappa shape index (κ1) is 19.9. The number of nitrogens with zero attached hydrogens (tertiary/aromatic N) is 2. The maximum Gasteiger partial charge on any atom is 0.232 e. The number of hydrogen-bond donors (Lipinski definition) is 6. The Balaban J connectivity index is 1.54. The Morgan fingerprint density at radius 3 is 1.43 bits per heavy atom. The number of carbonyl (C=O) groups excluding carboxylic acids is 2. The van der Waals surface area contributed by atoms with E-state index in [9.17, 15) is 30.0 Å². The fraction of sp³-hybridized carbons (Fsp3) is 0.200. The van der Waals surface area contributed by atoms with E-state index in [-0.39, 0.29) is 11.4 Å². The Bertz CT molecular complexity index is 1140. The van der Waals surface area contributed by atoms with E-state index in [1.807, 2.05) is 0 Å². The van der Waals surface area contributed by atoms with Crippen LogP contribution in [0.15, 0.2) is 48.5 Å². The fourth-order valence-corrected chi connectivity index (χ4v) is 3.30. The number of para-hydroxylation sites is 2. The summed E-state index contributed by atoms with van der Waals surface area (Å²) >= 11 is 0. The molecule has 30 heavy (non-hydrogen) atoms. The van der Waals surface area contributed by atoms with Gasteiger partial charge in [-0.15, -0.1) is 0 Å². The molecule has 2 aromatic heterocycles. The van der Waals surface area contributed by atoms with Crippen LogP contribution >= 0.6 is 0 Å². The van der Waals surface area contributed by atoms with Gasteiger partial charge in [-0.25, -0.2) is 0 Å². The van der Waals surface area contributed by atoms with Gasteiger partial charge < -0.3 is 20.4 Å². The van der Waals surface area contributed by atoms with Crippen LogP contribution in [0.5, 0.6) is 0 Å². The number of rotatable bonds is 7. The number of hydrogen-bond acceptors (Lipinski definition) is 8. The molecular weight excluding hydrogens is 392 g/mol. The van der Waals surface area contributed by atoms with Crippen LogP contribution < -0.4 is 0 Å². The number of aliphatic hydroxyl groups excluding tert-OH is 4. The number of fused-ring (bicyclic) bond motifs is 2. The van der Waals surface area contributed by atoms with Crippen molar-refractivity contribution in [3.8, 4) is 0 Å². The SMILES string of the molecule is O=C(C(=O)C(O)C(O)c1[nH]nc2ccccc12)C(O)C(O)c1[nH]nc2ccccc12. The molecule has 0 saturated heterocycles. The molecule has 10 nitrogen and oxygen atoms in total. The molecule has 10 heteroatoms. The molecule has 4 atom stereocenters. The Morgan fingerprint density at radius 1 is 0.667 bits per heavy atom. The lowest BCUT2D eigenvalue weighted by Gasteiger charge is -2.19. The van der Waals surface area contributed by atoms with Crippen molar-refractivity contribution in [2.75, 3.05) is 0 Å². The third-order valence-electron chi connectivity index (χ3n) is 4.95. The minimum Gasteiger partial charge on any atom is -0.384 e. The van der Waals surface area contributed by atoms with Crippen molar-refractivity contribution in [1.29, 1.82) is 0 Å². The van der Waals surface area contributed by atoms with Crippen molar-refractivity contribution < 1.29 is 30.0 Å². The molecule has 154 valence electrons. The van der Waals surface area contributed by atoms with Gasteiger partial charge in [0.25, 0.3) is 0 Å². The van der Waals surface area contributed by atoms with E-state index in [0.29, 0.717) is 21.8 Å². The average Bonchev–Trinajstić information content (AvgIpc) is 3.40. The van der Waals surface area contributed by atoms with Crippen LogP contribution in [-0.4, -0.2) is 64.6 Å². The van der Waals surface area contributed by atoms with Gasteiger partial charge in [-0.3, -0.25) is 19.8 Å². The summed E-state index contributed by atoms with van der Waals surface area (Å²) in [4.78, 5) is 24.8. The molecule has 2 heterocycles. The molecule has 0 bridgehead atoms. The molecular formula is C20H18N4O6. The van der Waals surface area contributed by atoms with Crippen molar-refractivity contribution in [1.82, 2.24) is 20.4 Å². The lowest BCUT2D eigenvalue weighted by atomic mass is 9.95. The zero-order valence-corrected chi connectivity index (χ0v) is 15.4. The van der Waals surface area contributed by atoms with Gasteiger partial charge in [-0.1, -0.05) is 36.4 Å². The summed E-state index contributed by atoms with van der Waals surface area (Å²) in [6.45, 7) is 0. The molecule has 6 N–H and O–H groups in total. The highest BCUT2D eigenvalue weighted by atomic mass is 16.3. The molecule has 0 aliphatic heterocycles. The second-order valence-electron chi connectivity index (χ2n) is 6.82. The molecule has 4 rings (SSSR count). The van der Waals surface area contributed by atoms with Crippen LogP contribution in [0.4, 0.5) is 0 Å².